The molecule has 1 aromatic carbocycles. The number of nitro groups is 1. The van der Waals surface area contributed by atoms with Gasteiger partial charge in [0.25, 0.3) is 5.91 Å². The third-order valence-electron chi connectivity index (χ3n) is 2.11. The van der Waals surface area contributed by atoms with Crippen molar-refractivity contribution in [2.24, 2.45) is 0 Å². The molecule has 0 aliphatic heterocycles. The topological polar surface area (TPSA) is 113 Å². The van der Waals surface area contributed by atoms with E-state index in [1.165, 1.54) is 0 Å². The lowest BCUT2D eigenvalue weighted by Crippen LogP contribution is -2.33. The largest absolute Gasteiger partial charge is 0.394 e. The molecule has 18 heavy (non-hydrogen) atoms. The van der Waals surface area contributed by atoms with Crippen LogP contribution in [0.2, 0.25) is 0 Å². The highest BCUT2D eigenvalue weighted by molar-refractivity contribution is 5.94. The first-order valence-electron chi connectivity index (χ1n) is 4.96. The van der Waals surface area contributed by atoms with Crippen LogP contribution < -0.4 is 5.32 Å². The first-order chi connectivity index (χ1) is 8.45. The molecule has 0 bridgehead atoms. The summed E-state index contributed by atoms with van der Waals surface area (Å²) in [5.74, 6) is -1.74. The van der Waals surface area contributed by atoms with E-state index in [0.717, 1.165) is 18.2 Å². The summed E-state index contributed by atoms with van der Waals surface area (Å²) in [6, 6.07) is 2.70. The van der Waals surface area contributed by atoms with Gasteiger partial charge in [0.1, 0.15) is 0 Å². The Morgan fingerprint density at radius 1 is 1.56 bits per heavy atom. The predicted octanol–water partition coefficient (Wildman–Crippen LogP) is -0.183. The van der Waals surface area contributed by atoms with Crippen molar-refractivity contribution in [1.82, 2.24) is 5.32 Å². The summed E-state index contributed by atoms with van der Waals surface area (Å²) >= 11 is 0. The van der Waals surface area contributed by atoms with Gasteiger partial charge in [0.15, 0.2) is 0 Å². The van der Waals surface area contributed by atoms with Crippen LogP contribution in [0.25, 0.3) is 0 Å². The molecule has 98 valence electrons. The lowest BCUT2D eigenvalue weighted by atomic mass is 10.2. The van der Waals surface area contributed by atoms with E-state index in [0.29, 0.717) is 0 Å². The highest BCUT2D eigenvalue weighted by Gasteiger charge is 2.17. The van der Waals surface area contributed by atoms with Crippen LogP contribution >= 0.6 is 0 Å². The van der Waals surface area contributed by atoms with Crippen LogP contribution in [0.1, 0.15) is 10.4 Å². The summed E-state index contributed by atoms with van der Waals surface area (Å²) in [4.78, 5) is 21.0. The molecule has 0 aromatic heterocycles. The number of nitro benzene ring substituents is 1. The van der Waals surface area contributed by atoms with Crippen molar-refractivity contribution in [3.05, 3.63) is 39.7 Å². The summed E-state index contributed by atoms with van der Waals surface area (Å²) in [5.41, 5.74) is -0.904. The van der Waals surface area contributed by atoms with Crippen molar-refractivity contribution in [2.75, 3.05) is 13.2 Å². The number of hydrogen-bond acceptors (Lipinski definition) is 5. The second kappa shape index (κ2) is 6.03. The molecule has 1 unspecified atom stereocenters. The van der Waals surface area contributed by atoms with Crippen LogP contribution in [0.15, 0.2) is 18.2 Å². The molecule has 1 atom stereocenters. The zero-order valence-corrected chi connectivity index (χ0v) is 9.17. The number of nitrogens with zero attached hydrogens (tertiary/aromatic N) is 1. The van der Waals surface area contributed by atoms with Crippen LogP contribution in [0.3, 0.4) is 0 Å². The van der Waals surface area contributed by atoms with Gasteiger partial charge >= 0.3 is 5.69 Å². The van der Waals surface area contributed by atoms with Gasteiger partial charge in [-0.25, -0.2) is 0 Å². The van der Waals surface area contributed by atoms with Gasteiger partial charge in [-0.15, -0.1) is 0 Å². The fourth-order valence-electron chi connectivity index (χ4n) is 1.17. The number of carbonyl (C=O) groups is 1. The van der Waals surface area contributed by atoms with Crippen LogP contribution in [0.4, 0.5) is 10.1 Å². The van der Waals surface area contributed by atoms with Gasteiger partial charge in [-0.3, -0.25) is 14.9 Å². The highest BCUT2D eigenvalue weighted by atomic mass is 19.1. The van der Waals surface area contributed by atoms with E-state index in [-0.39, 0.29) is 12.1 Å². The Balaban J connectivity index is 2.80. The van der Waals surface area contributed by atoms with Crippen LogP contribution in [0.5, 0.6) is 0 Å². The van der Waals surface area contributed by atoms with Crippen molar-refractivity contribution >= 4 is 11.6 Å². The maximum absolute atomic E-state index is 13.0. The number of nitrogens with one attached hydrogen (secondary N) is 1. The summed E-state index contributed by atoms with van der Waals surface area (Å²) in [6.45, 7) is -0.732. The first kappa shape index (κ1) is 14.0. The van der Waals surface area contributed by atoms with Crippen molar-refractivity contribution in [1.29, 1.82) is 0 Å². The molecule has 0 spiro atoms. The van der Waals surface area contributed by atoms with Crippen LogP contribution in [-0.2, 0) is 0 Å². The summed E-state index contributed by atoms with van der Waals surface area (Å²) < 4.78 is 13.0. The summed E-state index contributed by atoms with van der Waals surface area (Å²) in [5, 5.41) is 30.3. The second-order valence-electron chi connectivity index (χ2n) is 3.47. The van der Waals surface area contributed by atoms with Gasteiger partial charge < -0.3 is 15.5 Å². The predicted molar refractivity (Wildman–Crippen MR) is 58.5 cm³/mol. The number of benzene rings is 1. The van der Waals surface area contributed by atoms with E-state index in [1.54, 1.807) is 0 Å². The van der Waals surface area contributed by atoms with Crippen molar-refractivity contribution in [3.63, 3.8) is 0 Å². The number of rotatable bonds is 5. The van der Waals surface area contributed by atoms with Gasteiger partial charge in [-0.2, -0.15) is 4.39 Å². The smallest absolute Gasteiger partial charge is 0.305 e. The average Bonchev–Trinajstić information content (AvgIpc) is 2.35. The van der Waals surface area contributed by atoms with Crippen LogP contribution in [-0.4, -0.2) is 40.3 Å². The van der Waals surface area contributed by atoms with E-state index < -0.39 is 35.0 Å². The van der Waals surface area contributed by atoms with Crippen LogP contribution in [0, 0.1) is 15.9 Å². The molecule has 8 heteroatoms. The fraction of sp³-hybridized carbons (Fsp3) is 0.300. The second-order valence-corrected chi connectivity index (χ2v) is 3.47. The first-order valence-corrected chi connectivity index (χ1v) is 4.96. The number of carbonyl (C=O) groups excluding carboxylic acids is 1. The Morgan fingerprint density at radius 2 is 2.22 bits per heavy atom. The Labute approximate surface area is 101 Å². The lowest BCUT2D eigenvalue weighted by Gasteiger charge is -2.08. The minimum atomic E-state index is -1.12. The van der Waals surface area contributed by atoms with Gasteiger partial charge in [0, 0.05) is 18.2 Å². The SMILES string of the molecule is O=C(NCC(O)CO)c1ccc(F)c([N+](=O)[O-])c1. The van der Waals surface area contributed by atoms with E-state index >= 15 is 0 Å². The molecular formula is C10H11FN2O5. The fourth-order valence-corrected chi connectivity index (χ4v) is 1.17. The molecule has 7 nitrogen and oxygen atoms in total. The lowest BCUT2D eigenvalue weighted by molar-refractivity contribution is -0.387. The normalized spacial score (nSPS) is 11.9. The van der Waals surface area contributed by atoms with E-state index in [2.05, 4.69) is 5.32 Å². The van der Waals surface area contributed by atoms with Gasteiger partial charge in [0.2, 0.25) is 5.82 Å². The average molecular weight is 258 g/mol. The molecular weight excluding hydrogens is 247 g/mol. The molecule has 0 heterocycles. The molecule has 1 aromatic rings. The van der Waals surface area contributed by atoms with E-state index in [1.807, 2.05) is 0 Å². The Morgan fingerprint density at radius 3 is 2.78 bits per heavy atom. The molecule has 3 N–H and O–H groups in total. The summed E-state index contributed by atoms with van der Waals surface area (Å²) in [7, 11) is 0. The zero-order chi connectivity index (χ0) is 13.7. The maximum atomic E-state index is 13.0. The monoisotopic (exact) mass is 258 g/mol. The quantitative estimate of drug-likeness (QED) is 0.500. The number of amides is 1. The molecule has 1 amide bonds. The highest BCUT2D eigenvalue weighted by Crippen LogP contribution is 2.18. The number of halogens is 1. The number of aliphatic hydroxyl groups is 2. The van der Waals surface area contributed by atoms with E-state index in [9.17, 15) is 19.3 Å². The van der Waals surface area contributed by atoms with Gasteiger partial charge in [-0.1, -0.05) is 0 Å². The van der Waals surface area contributed by atoms with Gasteiger partial charge in [-0.05, 0) is 12.1 Å². The standard InChI is InChI=1S/C10H11FN2O5/c11-8-2-1-6(3-9(8)13(17)18)10(16)12-4-7(15)5-14/h1-3,7,14-15H,4-5H2,(H,12,16). The molecule has 0 fully saturated rings. The number of aliphatic hydroxyl groups excluding tert-OH is 2. The minimum Gasteiger partial charge on any atom is -0.394 e. The van der Waals surface area contributed by atoms with E-state index in [4.69, 9.17) is 10.2 Å². The van der Waals surface area contributed by atoms with Crippen molar-refractivity contribution < 1.29 is 24.3 Å². The Kier molecular flexibility index (Phi) is 4.69. The molecule has 0 radical (unpaired) electrons. The van der Waals surface area contributed by atoms with Crippen molar-refractivity contribution in [3.8, 4) is 0 Å². The maximum Gasteiger partial charge on any atom is 0.305 e. The summed E-state index contributed by atoms with van der Waals surface area (Å²) in [6.07, 6.45) is -1.12. The third-order valence-corrected chi connectivity index (χ3v) is 2.11. The zero-order valence-electron chi connectivity index (χ0n) is 9.17. The molecule has 0 aliphatic carbocycles. The van der Waals surface area contributed by atoms with Gasteiger partial charge in [0.05, 0.1) is 17.6 Å². The minimum absolute atomic E-state index is 0.103. The Hall–Kier alpha value is -2.06. The molecule has 0 saturated carbocycles. The number of hydrogen-bond donors (Lipinski definition) is 3. The molecule has 0 aliphatic rings. The van der Waals surface area contributed by atoms with Crippen molar-refractivity contribution in [2.45, 2.75) is 6.10 Å². The molecule has 0 saturated heterocycles. The third kappa shape index (κ3) is 3.47. The Bertz CT molecular complexity index is 466. The molecule has 1 rings (SSSR count).